The minimum Gasteiger partial charge on any atom is -0.378 e. The Labute approximate surface area is 153 Å². The van der Waals surface area contributed by atoms with Crippen LogP contribution in [-0.4, -0.2) is 25.7 Å². The second-order valence-corrected chi connectivity index (χ2v) is 6.44. The average Bonchev–Trinajstić information content (AvgIpc) is 2.92. The van der Waals surface area contributed by atoms with E-state index in [4.69, 9.17) is 0 Å². The molecular formula is C21H20N4O. The van der Waals surface area contributed by atoms with Gasteiger partial charge in [0.2, 0.25) is 0 Å². The normalized spacial score (nSPS) is 15.6. The highest BCUT2D eigenvalue weighted by Gasteiger charge is 2.32. The topological polar surface area (TPSA) is 59.7 Å². The van der Waals surface area contributed by atoms with Crippen LogP contribution in [0.25, 0.3) is 5.57 Å². The average molecular weight is 344 g/mol. The number of carbonyl (C=O) groups excluding carboxylic acids is 1. The van der Waals surface area contributed by atoms with Crippen molar-refractivity contribution in [3.05, 3.63) is 65.2 Å². The second-order valence-electron chi connectivity index (χ2n) is 6.44. The number of hydrazone groups is 1. The number of hydrogen-bond acceptors (Lipinski definition) is 4. The van der Waals surface area contributed by atoms with Crippen molar-refractivity contribution in [2.45, 2.75) is 13.8 Å². The van der Waals surface area contributed by atoms with Gasteiger partial charge in [0, 0.05) is 19.8 Å². The number of anilines is 2. The van der Waals surface area contributed by atoms with Crippen molar-refractivity contribution in [3.63, 3.8) is 0 Å². The Hall–Kier alpha value is -3.39. The number of rotatable bonds is 3. The van der Waals surface area contributed by atoms with Crippen molar-refractivity contribution in [2.24, 2.45) is 5.10 Å². The summed E-state index contributed by atoms with van der Waals surface area (Å²) < 4.78 is 0. The van der Waals surface area contributed by atoms with Crippen LogP contribution in [0.2, 0.25) is 0 Å². The van der Waals surface area contributed by atoms with E-state index in [1.54, 1.807) is 6.92 Å². The Kier molecular flexibility index (Phi) is 4.59. The quantitative estimate of drug-likeness (QED) is 0.629. The molecule has 0 N–H and O–H groups in total. The monoisotopic (exact) mass is 344 g/mol. The fraction of sp³-hybridized carbons (Fsp3) is 0.190. The molecule has 2 aromatic carbocycles. The van der Waals surface area contributed by atoms with E-state index >= 15 is 0 Å². The van der Waals surface area contributed by atoms with E-state index < -0.39 is 0 Å². The maximum atomic E-state index is 12.9. The lowest BCUT2D eigenvalue weighted by atomic mass is 9.97. The second kappa shape index (κ2) is 6.85. The van der Waals surface area contributed by atoms with Crippen molar-refractivity contribution in [1.82, 2.24) is 0 Å². The lowest BCUT2D eigenvalue weighted by molar-refractivity contribution is -0.114. The highest BCUT2D eigenvalue weighted by molar-refractivity contribution is 6.34. The Morgan fingerprint density at radius 2 is 1.65 bits per heavy atom. The maximum Gasteiger partial charge on any atom is 0.281 e. The van der Waals surface area contributed by atoms with E-state index in [0.29, 0.717) is 28.1 Å². The molecule has 0 radical (unpaired) electrons. The van der Waals surface area contributed by atoms with Crippen LogP contribution in [0.1, 0.15) is 18.1 Å². The van der Waals surface area contributed by atoms with Gasteiger partial charge >= 0.3 is 0 Å². The minimum absolute atomic E-state index is 0.278. The molecule has 0 atom stereocenters. The molecule has 130 valence electrons. The molecule has 0 spiro atoms. The predicted molar refractivity (Wildman–Crippen MR) is 105 cm³/mol. The fourth-order valence-electron chi connectivity index (χ4n) is 2.85. The van der Waals surface area contributed by atoms with E-state index in [1.807, 2.05) is 74.4 Å². The standard InChI is InChI=1S/C21H20N4O/c1-14-5-9-18(10-6-14)25-21(26)20(15(2)23-25)19(13-22)16-7-11-17(12-8-16)24(3)4/h5-12H,1-4H3/b20-19+. The summed E-state index contributed by atoms with van der Waals surface area (Å²) >= 11 is 0. The van der Waals surface area contributed by atoms with E-state index in [2.05, 4.69) is 11.2 Å². The van der Waals surface area contributed by atoms with Crippen LogP contribution in [0.4, 0.5) is 11.4 Å². The summed E-state index contributed by atoms with van der Waals surface area (Å²) in [5.74, 6) is -0.278. The highest BCUT2D eigenvalue weighted by atomic mass is 16.2. The summed E-state index contributed by atoms with van der Waals surface area (Å²) in [6.07, 6.45) is 0. The molecule has 1 heterocycles. The number of carbonyl (C=O) groups is 1. The molecule has 0 saturated heterocycles. The van der Waals surface area contributed by atoms with Gasteiger partial charge in [-0.2, -0.15) is 15.4 Å². The summed E-state index contributed by atoms with van der Waals surface area (Å²) in [6.45, 7) is 3.74. The SMILES string of the molecule is CC1=NN(c2ccc(C)cc2)C(=O)/C1=C(\C#N)c1ccc(N(C)C)cc1. The predicted octanol–water partition coefficient (Wildman–Crippen LogP) is 3.76. The van der Waals surface area contributed by atoms with Crippen LogP contribution in [0.5, 0.6) is 0 Å². The summed E-state index contributed by atoms with van der Waals surface area (Å²) in [5, 5.41) is 15.4. The van der Waals surface area contributed by atoms with Gasteiger partial charge in [-0.1, -0.05) is 29.8 Å². The lowest BCUT2D eigenvalue weighted by Gasteiger charge is -2.13. The zero-order valence-corrected chi connectivity index (χ0v) is 15.3. The minimum atomic E-state index is -0.278. The molecule has 0 bridgehead atoms. The van der Waals surface area contributed by atoms with Crippen LogP contribution in [-0.2, 0) is 4.79 Å². The molecule has 5 heteroatoms. The maximum absolute atomic E-state index is 12.9. The molecular weight excluding hydrogens is 324 g/mol. The largest absolute Gasteiger partial charge is 0.378 e. The van der Waals surface area contributed by atoms with Crippen molar-refractivity contribution < 1.29 is 4.79 Å². The molecule has 0 saturated carbocycles. The number of amides is 1. The molecule has 2 aromatic rings. The van der Waals surface area contributed by atoms with Crippen LogP contribution in [0, 0.1) is 18.3 Å². The molecule has 1 amide bonds. The van der Waals surface area contributed by atoms with Crippen molar-refractivity contribution in [3.8, 4) is 6.07 Å². The summed E-state index contributed by atoms with van der Waals surface area (Å²) in [5.41, 5.74) is 4.78. The molecule has 0 unspecified atom stereocenters. The third-order valence-electron chi connectivity index (χ3n) is 4.33. The number of benzene rings is 2. The van der Waals surface area contributed by atoms with Gasteiger partial charge in [-0.15, -0.1) is 0 Å². The van der Waals surface area contributed by atoms with Crippen LogP contribution in [0.15, 0.2) is 59.2 Å². The van der Waals surface area contributed by atoms with Crippen molar-refractivity contribution in [1.29, 1.82) is 5.26 Å². The van der Waals surface area contributed by atoms with Crippen molar-refractivity contribution in [2.75, 3.05) is 24.0 Å². The Balaban J connectivity index is 2.03. The van der Waals surface area contributed by atoms with Gasteiger partial charge in [-0.25, -0.2) is 0 Å². The van der Waals surface area contributed by atoms with Gasteiger partial charge in [0.25, 0.3) is 5.91 Å². The number of nitrogens with zero attached hydrogens (tertiary/aromatic N) is 4. The summed E-state index contributed by atoms with van der Waals surface area (Å²) in [6, 6.07) is 17.3. The van der Waals surface area contributed by atoms with Gasteiger partial charge in [0.05, 0.1) is 22.5 Å². The van der Waals surface area contributed by atoms with E-state index in [0.717, 1.165) is 11.3 Å². The number of hydrogen-bond donors (Lipinski definition) is 0. The third kappa shape index (κ3) is 3.09. The molecule has 5 nitrogen and oxygen atoms in total. The van der Waals surface area contributed by atoms with E-state index in [-0.39, 0.29) is 5.91 Å². The van der Waals surface area contributed by atoms with Gasteiger partial charge in [-0.3, -0.25) is 4.79 Å². The van der Waals surface area contributed by atoms with Crippen LogP contribution < -0.4 is 9.91 Å². The van der Waals surface area contributed by atoms with E-state index in [1.165, 1.54) is 5.01 Å². The molecule has 0 aromatic heterocycles. The van der Waals surface area contributed by atoms with E-state index in [9.17, 15) is 10.1 Å². The molecule has 1 aliphatic rings. The summed E-state index contributed by atoms with van der Waals surface area (Å²) in [4.78, 5) is 14.9. The third-order valence-corrected chi connectivity index (χ3v) is 4.33. The summed E-state index contributed by atoms with van der Waals surface area (Å²) in [7, 11) is 3.91. The molecule has 26 heavy (non-hydrogen) atoms. The Bertz CT molecular complexity index is 945. The van der Waals surface area contributed by atoms with Crippen LogP contribution in [0.3, 0.4) is 0 Å². The van der Waals surface area contributed by atoms with Gasteiger partial charge in [-0.05, 0) is 43.7 Å². The van der Waals surface area contributed by atoms with Gasteiger partial charge in [0.1, 0.15) is 6.07 Å². The first-order chi connectivity index (χ1) is 12.4. The smallest absolute Gasteiger partial charge is 0.281 e. The van der Waals surface area contributed by atoms with Crippen molar-refractivity contribution >= 4 is 28.6 Å². The number of nitriles is 1. The number of allylic oxidation sites excluding steroid dienone is 1. The fourth-order valence-corrected chi connectivity index (χ4v) is 2.85. The van der Waals surface area contributed by atoms with Gasteiger partial charge in [0.15, 0.2) is 0 Å². The molecule has 0 fully saturated rings. The molecule has 3 rings (SSSR count). The van der Waals surface area contributed by atoms with Crippen LogP contribution >= 0.6 is 0 Å². The highest BCUT2D eigenvalue weighted by Crippen LogP contribution is 2.29. The zero-order valence-electron chi connectivity index (χ0n) is 15.3. The molecule has 0 aliphatic carbocycles. The Morgan fingerprint density at radius 1 is 1.04 bits per heavy atom. The first-order valence-corrected chi connectivity index (χ1v) is 8.31. The lowest BCUT2D eigenvalue weighted by Crippen LogP contribution is -2.22. The first kappa shape index (κ1) is 17.4. The first-order valence-electron chi connectivity index (χ1n) is 8.31. The van der Waals surface area contributed by atoms with Gasteiger partial charge < -0.3 is 4.90 Å². The zero-order chi connectivity index (χ0) is 18.8. The number of aryl methyl sites for hydroxylation is 1. The Morgan fingerprint density at radius 3 is 2.19 bits per heavy atom. The molecule has 1 aliphatic heterocycles.